The van der Waals surface area contributed by atoms with Crippen molar-refractivity contribution in [3.63, 3.8) is 0 Å². The first-order valence-electron chi connectivity index (χ1n) is 8.14. The number of carboxylic acids is 1. The quantitative estimate of drug-likeness (QED) is 0.815. The fraction of sp³-hybridized carbons (Fsp3) is 0.353. The molecule has 0 atom stereocenters. The van der Waals surface area contributed by atoms with E-state index < -0.39 is 5.97 Å². The van der Waals surface area contributed by atoms with E-state index in [4.69, 9.17) is 16.7 Å². The number of anilines is 2. The molecule has 0 saturated carbocycles. The fourth-order valence-corrected chi connectivity index (χ4v) is 2.96. The lowest BCUT2D eigenvalue weighted by Gasteiger charge is -2.36. The van der Waals surface area contributed by atoms with Gasteiger partial charge >= 0.3 is 5.97 Å². The first-order chi connectivity index (χ1) is 12.1. The molecule has 3 rings (SSSR count). The monoisotopic (exact) mass is 361 g/mol. The van der Waals surface area contributed by atoms with Crippen molar-refractivity contribution in [1.82, 2.24) is 14.9 Å². The van der Waals surface area contributed by atoms with Gasteiger partial charge in [0.1, 0.15) is 5.82 Å². The number of benzene rings is 1. The number of halogens is 1. The Balaban J connectivity index is 1.41. The van der Waals surface area contributed by atoms with Crippen molar-refractivity contribution in [1.29, 1.82) is 0 Å². The minimum Gasteiger partial charge on any atom is -0.476 e. The molecule has 2 N–H and O–H groups in total. The molecule has 1 saturated heterocycles. The van der Waals surface area contributed by atoms with E-state index in [1.807, 2.05) is 18.2 Å². The Morgan fingerprint density at radius 3 is 2.64 bits per heavy atom. The van der Waals surface area contributed by atoms with Crippen molar-refractivity contribution in [3.05, 3.63) is 47.4 Å². The molecule has 1 aliphatic rings. The van der Waals surface area contributed by atoms with Crippen LogP contribution in [0.15, 0.2) is 36.7 Å². The number of nitrogens with one attached hydrogen (secondary N) is 1. The summed E-state index contributed by atoms with van der Waals surface area (Å²) >= 11 is 6.06. The third kappa shape index (κ3) is 4.80. The van der Waals surface area contributed by atoms with Gasteiger partial charge in [0.2, 0.25) is 0 Å². The summed E-state index contributed by atoms with van der Waals surface area (Å²) in [6.45, 7) is 5.53. The van der Waals surface area contributed by atoms with E-state index in [0.29, 0.717) is 5.82 Å². The first-order valence-corrected chi connectivity index (χ1v) is 8.52. The number of hydrogen-bond donors (Lipinski definition) is 2. The van der Waals surface area contributed by atoms with Gasteiger partial charge < -0.3 is 15.3 Å². The second kappa shape index (κ2) is 8.13. The van der Waals surface area contributed by atoms with Crippen LogP contribution in [-0.2, 0) is 0 Å². The smallest absolute Gasteiger partial charge is 0.356 e. The van der Waals surface area contributed by atoms with Gasteiger partial charge in [-0.15, -0.1) is 0 Å². The van der Waals surface area contributed by atoms with Crippen LogP contribution in [-0.4, -0.2) is 65.2 Å². The lowest BCUT2D eigenvalue weighted by molar-refractivity contribution is 0.0690. The van der Waals surface area contributed by atoms with Crippen LogP contribution in [0.2, 0.25) is 5.02 Å². The zero-order valence-corrected chi connectivity index (χ0v) is 14.5. The van der Waals surface area contributed by atoms with E-state index in [2.05, 4.69) is 31.2 Å². The average Bonchev–Trinajstić information content (AvgIpc) is 2.63. The Morgan fingerprint density at radius 1 is 1.20 bits per heavy atom. The minimum absolute atomic E-state index is 0.0531. The molecule has 2 aromatic rings. The average molecular weight is 362 g/mol. The molecule has 7 nitrogen and oxygen atoms in total. The van der Waals surface area contributed by atoms with Gasteiger partial charge in [-0.25, -0.2) is 14.8 Å². The van der Waals surface area contributed by atoms with Gasteiger partial charge in [0, 0.05) is 50.0 Å². The van der Waals surface area contributed by atoms with E-state index in [1.165, 1.54) is 18.1 Å². The highest BCUT2D eigenvalue weighted by atomic mass is 35.5. The Bertz CT molecular complexity index is 717. The van der Waals surface area contributed by atoms with E-state index in [9.17, 15) is 4.79 Å². The van der Waals surface area contributed by atoms with Crippen molar-refractivity contribution >= 4 is 29.1 Å². The van der Waals surface area contributed by atoms with Crippen molar-refractivity contribution in [3.8, 4) is 0 Å². The predicted octanol–water partition coefficient (Wildman–Crippen LogP) is 2.06. The Kier molecular flexibility index (Phi) is 5.67. The summed E-state index contributed by atoms with van der Waals surface area (Å²) in [6, 6.07) is 7.95. The second-order valence-corrected chi connectivity index (χ2v) is 6.26. The summed E-state index contributed by atoms with van der Waals surface area (Å²) in [7, 11) is 0. The largest absolute Gasteiger partial charge is 0.476 e. The third-order valence-electron chi connectivity index (χ3n) is 4.15. The van der Waals surface area contributed by atoms with Crippen molar-refractivity contribution in [2.45, 2.75) is 0 Å². The molecule has 0 aliphatic carbocycles. The maximum absolute atomic E-state index is 10.7. The molecule has 132 valence electrons. The van der Waals surface area contributed by atoms with Crippen LogP contribution in [0, 0.1) is 0 Å². The highest BCUT2D eigenvalue weighted by Gasteiger charge is 2.17. The highest BCUT2D eigenvalue weighted by Crippen LogP contribution is 2.20. The standard InChI is InChI=1S/C17H20ClN5O2/c18-13-2-1-3-14(10-13)23-8-6-22(7-9-23)5-4-19-16-12-20-15(11-21-16)17(24)25/h1-3,10-12H,4-9H2,(H,19,21)(H,24,25). The van der Waals surface area contributed by atoms with Crippen LogP contribution in [0.5, 0.6) is 0 Å². The molecule has 0 unspecified atom stereocenters. The van der Waals surface area contributed by atoms with E-state index >= 15 is 0 Å². The van der Waals surface area contributed by atoms with Gasteiger partial charge in [-0.3, -0.25) is 4.90 Å². The molecule has 8 heteroatoms. The number of piperazine rings is 1. The summed E-state index contributed by atoms with van der Waals surface area (Å²) in [4.78, 5) is 23.3. The van der Waals surface area contributed by atoms with E-state index in [1.54, 1.807) is 0 Å². The summed E-state index contributed by atoms with van der Waals surface area (Å²) in [5.74, 6) is -0.487. The lowest BCUT2D eigenvalue weighted by Crippen LogP contribution is -2.47. The van der Waals surface area contributed by atoms with Crippen molar-refractivity contribution < 1.29 is 9.90 Å². The lowest BCUT2D eigenvalue weighted by atomic mass is 10.2. The highest BCUT2D eigenvalue weighted by molar-refractivity contribution is 6.30. The molecule has 1 aliphatic heterocycles. The zero-order chi connectivity index (χ0) is 17.6. The maximum atomic E-state index is 10.7. The first kappa shape index (κ1) is 17.4. The van der Waals surface area contributed by atoms with Crippen LogP contribution in [0.25, 0.3) is 0 Å². The number of nitrogens with zero attached hydrogens (tertiary/aromatic N) is 4. The van der Waals surface area contributed by atoms with Gasteiger partial charge in [0.25, 0.3) is 0 Å². The molecule has 1 aromatic carbocycles. The number of carboxylic acid groups (broad SMARTS) is 1. The molecule has 2 heterocycles. The van der Waals surface area contributed by atoms with E-state index in [-0.39, 0.29) is 5.69 Å². The molecule has 25 heavy (non-hydrogen) atoms. The maximum Gasteiger partial charge on any atom is 0.356 e. The van der Waals surface area contributed by atoms with Crippen LogP contribution in [0.1, 0.15) is 10.5 Å². The number of carbonyl (C=O) groups is 1. The number of rotatable bonds is 6. The summed E-state index contributed by atoms with van der Waals surface area (Å²) in [5, 5.41) is 12.7. The van der Waals surface area contributed by atoms with Crippen molar-refractivity contribution in [2.75, 3.05) is 49.5 Å². The van der Waals surface area contributed by atoms with Crippen LogP contribution in [0.4, 0.5) is 11.5 Å². The Labute approximate surface area is 151 Å². The normalized spacial score (nSPS) is 15.2. The molecular formula is C17H20ClN5O2. The molecule has 0 radical (unpaired) electrons. The van der Waals surface area contributed by atoms with Gasteiger partial charge in [0.05, 0.1) is 12.4 Å². The summed E-state index contributed by atoms with van der Waals surface area (Å²) < 4.78 is 0. The molecule has 1 aromatic heterocycles. The van der Waals surface area contributed by atoms with Crippen LogP contribution in [0.3, 0.4) is 0 Å². The van der Waals surface area contributed by atoms with Crippen LogP contribution >= 0.6 is 11.6 Å². The Hall–Kier alpha value is -2.38. The van der Waals surface area contributed by atoms with Gasteiger partial charge in [-0.2, -0.15) is 0 Å². The topological polar surface area (TPSA) is 81.6 Å². The molecular weight excluding hydrogens is 342 g/mol. The molecule has 0 bridgehead atoms. The van der Waals surface area contributed by atoms with Gasteiger partial charge in [-0.1, -0.05) is 17.7 Å². The number of aromatic nitrogens is 2. The van der Waals surface area contributed by atoms with Gasteiger partial charge in [0.15, 0.2) is 5.69 Å². The minimum atomic E-state index is -1.07. The molecule has 1 fully saturated rings. The van der Waals surface area contributed by atoms with Crippen molar-refractivity contribution in [2.24, 2.45) is 0 Å². The van der Waals surface area contributed by atoms with Gasteiger partial charge in [-0.05, 0) is 18.2 Å². The Morgan fingerprint density at radius 2 is 2.00 bits per heavy atom. The zero-order valence-electron chi connectivity index (χ0n) is 13.7. The third-order valence-corrected chi connectivity index (χ3v) is 4.39. The van der Waals surface area contributed by atoms with E-state index in [0.717, 1.165) is 44.3 Å². The molecule has 0 amide bonds. The summed E-state index contributed by atoms with van der Waals surface area (Å²) in [5.41, 5.74) is 1.11. The number of aromatic carboxylic acids is 1. The summed E-state index contributed by atoms with van der Waals surface area (Å²) in [6.07, 6.45) is 2.70. The SMILES string of the molecule is O=C(O)c1cnc(NCCN2CCN(c3cccc(Cl)c3)CC2)cn1. The fourth-order valence-electron chi connectivity index (χ4n) is 2.77. The van der Waals surface area contributed by atoms with Crippen LogP contribution < -0.4 is 10.2 Å². The number of hydrogen-bond acceptors (Lipinski definition) is 6. The second-order valence-electron chi connectivity index (χ2n) is 5.83. The molecule has 0 spiro atoms. The predicted molar refractivity (Wildman–Crippen MR) is 97.6 cm³/mol.